The van der Waals surface area contributed by atoms with Gasteiger partial charge >= 0.3 is 0 Å². The van der Waals surface area contributed by atoms with Gasteiger partial charge in [-0.25, -0.2) is 4.98 Å². The van der Waals surface area contributed by atoms with Crippen molar-refractivity contribution in [1.82, 2.24) is 20.0 Å². The van der Waals surface area contributed by atoms with Gasteiger partial charge in [-0.15, -0.1) is 0 Å². The molecule has 0 saturated carbocycles. The van der Waals surface area contributed by atoms with Gasteiger partial charge in [0.1, 0.15) is 0 Å². The topological polar surface area (TPSA) is 88.9 Å². The fourth-order valence-electron chi connectivity index (χ4n) is 3.21. The van der Waals surface area contributed by atoms with Crippen LogP contribution in [-0.4, -0.2) is 20.4 Å². The van der Waals surface area contributed by atoms with Crippen LogP contribution in [0.25, 0.3) is 21.8 Å². The average Bonchev–Trinajstić information content (AvgIpc) is 2.72. The highest BCUT2D eigenvalue weighted by molar-refractivity contribution is 6.31. The minimum atomic E-state index is -0.387. The fraction of sp³-hybridized carbons (Fsp3) is 0.143. The van der Waals surface area contributed by atoms with Gasteiger partial charge in [-0.3, -0.25) is 30.0 Å². The van der Waals surface area contributed by atoms with E-state index in [-0.39, 0.29) is 17.4 Å². The molecule has 4 aromatic rings. The Hall–Kier alpha value is -3.45. The Bertz CT molecular complexity index is 1320. The van der Waals surface area contributed by atoms with Gasteiger partial charge in [-0.1, -0.05) is 23.7 Å². The lowest BCUT2D eigenvalue weighted by atomic mass is 10.1. The summed E-state index contributed by atoms with van der Waals surface area (Å²) in [7, 11) is 0. The number of fused-ring (bicyclic) bond motifs is 2. The van der Waals surface area contributed by atoms with Crippen molar-refractivity contribution in [2.75, 3.05) is 5.43 Å². The Morgan fingerprint density at radius 3 is 2.69 bits per heavy atom. The van der Waals surface area contributed by atoms with Crippen LogP contribution < -0.4 is 16.4 Å². The Balaban J connectivity index is 1.66. The van der Waals surface area contributed by atoms with Crippen molar-refractivity contribution < 1.29 is 4.79 Å². The van der Waals surface area contributed by atoms with Crippen LogP contribution in [0.4, 0.5) is 5.95 Å². The molecule has 2 aromatic carbocycles. The van der Waals surface area contributed by atoms with Crippen molar-refractivity contribution in [3.05, 3.63) is 75.2 Å². The number of aryl methyl sites for hydroxylation is 1. The van der Waals surface area contributed by atoms with Crippen LogP contribution in [0, 0.1) is 6.92 Å². The first-order valence-corrected chi connectivity index (χ1v) is 9.48. The number of rotatable bonds is 4. The molecule has 0 aliphatic carbocycles. The van der Waals surface area contributed by atoms with E-state index in [2.05, 4.69) is 20.8 Å². The molecule has 2 N–H and O–H groups in total. The van der Waals surface area contributed by atoms with E-state index >= 15 is 0 Å². The first-order chi connectivity index (χ1) is 14.0. The average molecular weight is 408 g/mol. The summed E-state index contributed by atoms with van der Waals surface area (Å²) < 4.78 is 1.47. The van der Waals surface area contributed by atoms with Crippen LogP contribution in [0.2, 0.25) is 5.02 Å². The lowest BCUT2D eigenvalue weighted by molar-refractivity contribution is 0.0961. The fourth-order valence-corrected chi connectivity index (χ4v) is 3.39. The maximum atomic E-state index is 12.8. The Kier molecular flexibility index (Phi) is 4.90. The first-order valence-electron chi connectivity index (χ1n) is 9.10. The summed E-state index contributed by atoms with van der Waals surface area (Å²) in [5, 5.41) is 1.86. The number of hydrazine groups is 1. The number of aromatic nitrogens is 3. The summed E-state index contributed by atoms with van der Waals surface area (Å²) in [6.45, 7) is 4.01. The second-order valence-corrected chi connectivity index (χ2v) is 6.98. The Morgan fingerprint density at radius 2 is 1.90 bits per heavy atom. The normalized spacial score (nSPS) is 11.0. The van der Waals surface area contributed by atoms with Crippen LogP contribution in [0.15, 0.2) is 53.3 Å². The number of nitrogens with zero attached hydrogens (tertiary/aromatic N) is 3. The molecule has 29 heavy (non-hydrogen) atoms. The molecule has 2 aromatic heterocycles. The molecule has 0 atom stereocenters. The number of amides is 1. The van der Waals surface area contributed by atoms with Crippen molar-refractivity contribution in [3.63, 3.8) is 0 Å². The monoisotopic (exact) mass is 407 g/mol. The second kappa shape index (κ2) is 7.52. The molecular weight excluding hydrogens is 390 g/mol. The van der Waals surface area contributed by atoms with Crippen LogP contribution in [0.1, 0.15) is 23.0 Å². The molecule has 1 amide bonds. The third kappa shape index (κ3) is 3.52. The van der Waals surface area contributed by atoms with Gasteiger partial charge < -0.3 is 0 Å². The standard InChI is InChI=1S/C21H18ClN5O2/c1-3-27-20(29)15-6-4-5-7-18(15)24-21(27)26-25-19(28)16-11-13-10-14(22)8-9-17(13)23-12(16)2/h4-11H,3H2,1-2H3,(H,24,26)(H,25,28). The second-order valence-electron chi connectivity index (χ2n) is 6.54. The van der Waals surface area contributed by atoms with Crippen molar-refractivity contribution in [2.45, 2.75) is 20.4 Å². The van der Waals surface area contributed by atoms with Crippen LogP contribution in [-0.2, 0) is 6.54 Å². The van der Waals surface area contributed by atoms with E-state index in [1.807, 2.05) is 19.1 Å². The van der Waals surface area contributed by atoms with Gasteiger partial charge in [0, 0.05) is 17.0 Å². The molecule has 0 spiro atoms. The summed E-state index contributed by atoms with van der Waals surface area (Å²) in [6, 6.07) is 14.1. The van der Waals surface area contributed by atoms with E-state index in [1.165, 1.54) is 4.57 Å². The van der Waals surface area contributed by atoms with Gasteiger partial charge in [0.25, 0.3) is 11.5 Å². The summed E-state index contributed by atoms with van der Waals surface area (Å²) in [5.41, 5.74) is 7.52. The zero-order valence-electron chi connectivity index (χ0n) is 15.9. The molecule has 8 heteroatoms. The third-order valence-electron chi connectivity index (χ3n) is 4.68. The summed E-state index contributed by atoms with van der Waals surface area (Å²) in [6.07, 6.45) is 0. The first kappa shape index (κ1) is 18.9. The largest absolute Gasteiger partial charge is 0.277 e. The number of carbonyl (C=O) groups excluding carboxylic acids is 1. The van der Waals surface area contributed by atoms with Crippen LogP contribution >= 0.6 is 11.6 Å². The van der Waals surface area contributed by atoms with Gasteiger partial charge in [-0.05, 0) is 50.2 Å². The number of pyridine rings is 1. The number of hydrogen-bond donors (Lipinski definition) is 2. The number of halogens is 1. The highest BCUT2D eigenvalue weighted by atomic mass is 35.5. The van der Waals surface area contributed by atoms with E-state index < -0.39 is 0 Å². The van der Waals surface area contributed by atoms with E-state index in [0.29, 0.717) is 33.7 Å². The Morgan fingerprint density at radius 1 is 1.10 bits per heavy atom. The summed E-state index contributed by atoms with van der Waals surface area (Å²) >= 11 is 6.05. The molecule has 0 bridgehead atoms. The number of benzene rings is 2. The zero-order valence-corrected chi connectivity index (χ0v) is 16.6. The summed E-state index contributed by atoms with van der Waals surface area (Å²) in [5.74, 6) is -0.124. The highest BCUT2D eigenvalue weighted by Gasteiger charge is 2.14. The van der Waals surface area contributed by atoms with Gasteiger partial charge in [0.05, 0.1) is 27.7 Å². The molecule has 4 rings (SSSR count). The van der Waals surface area contributed by atoms with Crippen LogP contribution in [0.3, 0.4) is 0 Å². The molecular formula is C21H18ClN5O2. The molecule has 0 radical (unpaired) electrons. The van der Waals surface area contributed by atoms with E-state index in [4.69, 9.17) is 11.6 Å². The summed E-state index contributed by atoms with van der Waals surface area (Å²) in [4.78, 5) is 34.4. The van der Waals surface area contributed by atoms with E-state index in [9.17, 15) is 9.59 Å². The maximum Gasteiger partial charge on any atom is 0.271 e. The van der Waals surface area contributed by atoms with Crippen molar-refractivity contribution in [2.24, 2.45) is 0 Å². The molecule has 0 saturated heterocycles. The number of hydrogen-bond acceptors (Lipinski definition) is 5. The SMILES string of the molecule is CCn1c(NNC(=O)c2cc3cc(Cl)ccc3nc2C)nc2ccccc2c1=O. The molecule has 0 aliphatic rings. The smallest absolute Gasteiger partial charge is 0.271 e. The van der Waals surface area contributed by atoms with E-state index in [1.54, 1.807) is 43.3 Å². The highest BCUT2D eigenvalue weighted by Crippen LogP contribution is 2.20. The van der Waals surface area contributed by atoms with Gasteiger partial charge in [-0.2, -0.15) is 0 Å². The Labute approximate surface area is 171 Å². The number of carbonyl (C=O) groups is 1. The number of para-hydroxylation sites is 1. The molecule has 2 heterocycles. The van der Waals surface area contributed by atoms with E-state index in [0.717, 1.165) is 10.9 Å². The maximum absolute atomic E-state index is 12.8. The lowest BCUT2D eigenvalue weighted by Crippen LogP contribution is -2.34. The number of anilines is 1. The molecule has 7 nitrogen and oxygen atoms in total. The predicted molar refractivity (Wildman–Crippen MR) is 114 cm³/mol. The molecule has 146 valence electrons. The van der Waals surface area contributed by atoms with Crippen molar-refractivity contribution in [1.29, 1.82) is 0 Å². The minimum absolute atomic E-state index is 0.173. The number of nitrogens with one attached hydrogen (secondary N) is 2. The predicted octanol–water partition coefficient (Wildman–Crippen LogP) is 3.68. The zero-order chi connectivity index (χ0) is 20.5. The van der Waals surface area contributed by atoms with Crippen molar-refractivity contribution in [3.8, 4) is 0 Å². The van der Waals surface area contributed by atoms with Gasteiger partial charge in [0.2, 0.25) is 5.95 Å². The van der Waals surface area contributed by atoms with Crippen molar-refractivity contribution >= 4 is 45.3 Å². The van der Waals surface area contributed by atoms with Crippen LogP contribution in [0.5, 0.6) is 0 Å². The minimum Gasteiger partial charge on any atom is -0.277 e. The molecule has 0 unspecified atom stereocenters. The molecule has 0 aliphatic heterocycles. The quantitative estimate of drug-likeness (QED) is 0.504. The molecule has 0 fully saturated rings. The van der Waals surface area contributed by atoms with Gasteiger partial charge in [0.15, 0.2) is 0 Å². The lowest BCUT2D eigenvalue weighted by Gasteiger charge is -2.14. The third-order valence-corrected chi connectivity index (χ3v) is 4.91.